The van der Waals surface area contributed by atoms with E-state index in [0.717, 1.165) is 0 Å². The minimum Gasteiger partial charge on any atom is -0.493 e. The van der Waals surface area contributed by atoms with Crippen molar-refractivity contribution in [2.45, 2.75) is 6.61 Å². The molecule has 0 aromatic heterocycles. The van der Waals surface area contributed by atoms with E-state index in [0.29, 0.717) is 37.8 Å². The molecule has 0 spiro atoms. The number of nitrogens with zero attached hydrogens (tertiary/aromatic N) is 1. The van der Waals surface area contributed by atoms with Crippen LogP contribution in [0.3, 0.4) is 0 Å². The van der Waals surface area contributed by atoms with Gasteiger partial charge >= 0.3 is 11.8 Å². The molecule has 0 heterocycles. The van der Waals surface area contributed by atoms with E-state index in [1.165, 1.54) is 19.4 Å². The van der Waals surface area contributed by atoms with Crippen molar-refractivity contribution in [3.05, 3.63) is 87.1 Å². The fourth-order valence-electron chi connectivity index (χ4n) is 2.66. The number of hydrogen-bond donors (Lipinski definition) is 2. The number of hydrazone groups is 1. The quantitative estimate of drug-likeness (QED) is 0.256. The summed E-state index contributed by atoms with van der Waals surface area (Å²) in [6.07, 6.45) is 1.33. The Morgan fingerprint density at radius 3 is 2.55 bits per heavy atom. The topological polar surface area (TPSA) is 89.0 Å². The fraction of sp³-hybridized carbons (Fsp3) is 0.0870. The van der Waals surface area contributed by atoms with Crippen molar-refractivity contribution in [3.63, 3.8) is 0 Å². The Morgan fingerprint density at radius 2 is 1.85 bits per heavy atom. The summed E-state index contributed by atoms with van der Waals surface area (Å²) in [5, 5.41) is 6.73. The van der Waals surface area contributed by atoms with E-state index in [4.69, 9.17) is 21.1 Å². The molecule has 33 heavy (non-hydrogen) atoms. The SMILES string of the molecule is COc1cc(C=NNC(=O)C(=O)Nc2ccc(Cl)cc2)cc(Br)c1OCc1ccccc1F. The Balaban J connectivity index is 1.62. The summed E-state index contributed by atoms with van der Waals surface area (Å²) in [5.74, 6) is -1.45. The maximum Gasteiger partial charge on any atom is 0.329 e. The Kier molecular flexibility index (Phi) is 8.39. The molecule has 0 aliphatic heterocycles. The van der Waals surface area contributed by atoms with Crippen LogP contribution in [0.15, 0.2) is 70.2 Å². The van der Waals surface area contributed by atoms with Crippen molar-refractivity contribution in [1.82, 2.24) is 5.43 Å². The lowest BCUT2D eigenvalue weighted by molar-refractivity contribution is -0.136. The van der Waals surface area contributed by atoms with Crippen molar-refractivity contribution >= 4 is 51.2 Å². The maximum absolute atomic E-state index is 13.8. The zero-order chi connectivity index (χ0) is 23.8. The van der Waals surface area contributed by atoms with E-state index in [-0.39, 0.29) is 12.4 Å². The van der Waals surface area contributed by atoms with Crippen molar-refractivity contribution < 1.29 is 23.5 Å². The fourth-order valence-corrected chi connectivity index (χ4v) is 3.36. The Labute approximate surface area is 202 Å². The number of anilines is 1. The van der Waals surface area contributed by atoms with Crippen molar-refractivity contribution in [2.24, 2.45) is 5.10 Å². The smallest absolute Gasteiger partial charge is 0.329 e. The molecule has 0 radical (unpaired) electrons. The summed E-state index contributed by atoms with van der Waals surface area (Å²) < 4.78 is 25.5. The largest absolute Gasteiger partial charge is 0.493 e. The second kappa shape index (κ2) is 11.4. The molecule has 0 saturated carbocycles. The first-order valence-electron chi connectivity index (χ1n) is 9.51. The highest BCUT2D eigenvalue weighted by Crippen LogP contribution is 2.37. The van der Waals surface area contributed by atoms with E-state index in [2.05, 4.69) is 31.8 Å². The molecule has 3 rings (SSSR count). The number of rotatable bonds is 7. The van der Waals surface area contributed by atoms with Crippen LogP contribution in [0.2, 0.25) is 5.02 Å². The van der Waals surface area contributed by atoms with Gasteiger partial charge in [0.25, 0.3) is 0 Å². The average molecular weight is 535 g/mol. The first-order chi connectivity index (χ1) is 15.9. The molecule has 0 bridgehead atoms. The van der Waals surface area contributed by atoms with E-state index < -0.39 is 11.8 Å². The Hall–Kier alpha value is -3.43. The molecular weight excluding hydrogens is 517 g/mol. The predicted octanol–water partition coefficient (Wildman–Crippen LogP) is 4.92. The standard InChI is InChI=1S/C23H18BrClFN3O4/c1-32-20-11-14(10-18(24)21(20)33-13-15-4-2-3-5-19(15)26)12-27-29-23(31)22(30)28-17-8-6-16(25)7-9-17/h2-12H,13H2,1H3,(H,28,30)(H,29,31). The van der Waals surface area contributed by atoms with Gasteiger partial charge in [-0.2, -0.15) is 5.10 Å². The summed E-state index contributed by atoms with van der Waals surface area (Å²) in [6.45, 7) is 0.00780. The predicted molar refractivity (Wildman–Crippen MR) is 127 cm³/mol. The second-order valence-electron chi connectivity index (χ2n) is 6.57. The zero-order valence-corrected chi connectivity index (χ0v) is 19.6. The number of halogens is 3. The van der Waals surface area contributed by atoms with Gasteiger partial charge in [0, 0.05) is 16.3 Å². The number of nitrogens with one attached hydrogen (secondary N) is 2. The number of benzene rings is 3. The zero-order valence-electron chi connectivity index (χ0n) is 17.3. The van der Waals surface area contributed by atoms with Crippen LogP contribution in [-0.2, 0) is 16.2 Å². The third-order valence-corrected chi connectivity index (χ3v) is 5.11. The van der Waals surface area contributed by atoms with Crippen LogP contribution < -0.4 is 20.2 Å². The summed E-state index contributed by atoms with van der Waals surface area (Å²) >= 11 is 9.18. The summed E-state index contributed by atoms with van der Waals surface area (Å²) in [7, 11) is 1.46. The summed E-state index contributed by atoms with van der Waals surface area (Å²) in [5.41, 5.74) is 3.52. The summed E-state index contributed by atoms with van der Waals surface area (Å²) in [6, 6.07) is 15.9. The van der Waals surface area contributed by atoms with Gasteiger partial charge in [-0.3, -0.25) is 9.59 Å². The summed E-state index contributed by atoms with van der Waals surface area (Å²) in [4.78, 5) is 23.9. The Bertz CT molecular complexity index is 1190. The molecule has 0 atom stereocenters. The number of carbonyl (C=O) groups is 2. The molecule has 7 nitrogen and oxygen atoms in total. The highest BCUT2D eigenvalue weighted by atomic mass is 79.9. The molecule has 10 heteroatoms. The van der Waals surface area contributed by atoms with Crippen LogP contribution in [0.1, 0.15) is 11.1 Å². The van der Waals surface area contributed by atoms with Crippen molar-refractivity contribution in [1.29, 1.82) is 0 Å². The Morgan fingerprint density at radius 1 is 1.12 bits per heavy atom. The lowest BCUT2D eigenvalue weighted by Crippen LogP contribution is -2.32. The molecule has 0 aliphatic rings. The van der Waals surface area contributed by atoms with Gasteiger partial charge in [-0.15, -0.1) is 0 Å². The molecule has 0 unspecified atom stereocenters. The molecule has 0 fully saturated rings. The van der Waals surface area contributed by atoms with Gasteiger partial charge in [0.2, 0.25) is 0 Å². The highest BCUT2D eigenvalue weighted by Gasteiger charge is 2.14. The van der Waals surface area contributed by atoms with Crippen LogP contribution in [0.25, 0.3) is 0 Å². The van der Waals surface area contributed by atoms with Gasteiger partial charge < -0.3 is 14.8 Å². The molecule has 3 aromatic carbocycles. The van der Waals surface area contributed by atoms with Gasteiger partial charge in [0.15, 0.2) is 11.5 Å². The van der Waals surface area contributed by atoms with Gasteiger partial charge in [0.05, 0.1) is 17.8 Å². The molecule has 170 valence electrons. The van der Waals surface area contributed by atoms with Gasteiger partial charge in [-0.1, -0.05) is 29.8 Å². The minimum atomic E-state index is -0.947. The highest BCUT2D eigenvalue weighted by molar-refractivity contribution is 9.10. The number of methoxy groups -OCH3 is 1. The third kappa shape index (κ3) is 6.77. The minimum absolute atomic E-state index is 0.00780. The van der Waals surface area contributed by atoms with E-state index in [1.807, 2.05) is 0 Å². The van der Waals surface area contributed by atoms with Gasteiger partial charge in [-0.05, 0) is 64.0 Å². The molecule has 0 saturated heterocycles. The number of amides is 2. The normalized spacial score (nSPS) is 10.7. The molecule has 0 aliphatic carbocycles. The third-order valence-electron chi connectivity index (χ3n) is 4.27. The van der Waals surface area contributed by atoms with Crippen LogP contribution >= 0.6 is 27.5 Å². The number of carbonyl (C=O) groups excluding carboxylic acids is 2. The molecule has 3 aromatic rings. The van der Waals surface area contributed by atoms with E-state index in [1.54, 1.807) is 54.6 Å². The lowest BCUT2D eigenvalue weighted by Gasteiger charge is -2.14. The van der Waals surface area contributed by atoms with Crippen molar-refractivity contribution in [3.8, 4) is 11.5 Å². The molecule has 2 amide bonds. The molecule has 2 N–H and O–H groups in total. The number of hydrogen-bond acceptors (Lipinski definition) is 5. The van der Waals surface area contributed by atoms with E-state index >= 15 is 0 Å². The first-order valence-corrected chi connectivity index (χ1v) is 10.7. The van der Waals surface area contributed by atoms with E-state index in [9.17, 15) is 14.0 Å². The van der Waals surface area contributed by atoms with Crippen molar-refractivity contribution in [2.75, 3.05) is 12.4 Å². The van der Waals surface area contributed by atoms with Gasteiger partial charge in [0.1, 0.15) is 12.4 Å². The van der Waals surface area contributed by atoms with Crippen LogP contribution in [0.5, 0.6) is 11.5 Å². The monoisotopic (exact) mass is 533 g/mol. The van der Waals surface area contributed by atoms with Crippen LogP contribution in [-0.4, -0.2) is 25.1 Å². The average Bonchev–Trinajstić information content (AvgIpc) is 2.80. The lowest BCUT2D eigenvalue weighted by atomic mass is 10.2. The first kappa shape index (κ1) is 24.2. The second-order valence-corrected chi connectivity index (χ2v) is 7.87. The van der Waals surface area contributed by atoms with Crippen LogP contribution in [0.4, 0.5) is 10.1 Å². The van der Waals surface area contributed by atoms with Crippen LogP contribution in [0, 0.1) is 5.82 Å². The van der Waals surface area contributed by atoms with Gasteiger partial charge in [-0.25, -0.2) is 9.82 Å². The maximum atomic E-state index is 13.8. The number of ether oxygens (including phenoxy) is 2. The molecular formula is C23H18BrClFN3O4.